The second kappa shape index (κ2) is 3.16. The Morgan fingerprint density at radius 3 is 2.92 bits per heavy atom. The molecule has 1 aromatic rings. The zero-order valence-electron chi connectivity index (χ0n) is 7.74. The van der Waals surface area contributed by atoms with Crippen molar-refractivity contribution in [1.29, 1.82) is 0 Å². The average Bonchev–Trinajstić information content (AvgIpc) is 2.53. The van der Waals surface area contributed by atoms with Gasteiger partial charge in [-0.2, -0.15) is 0 Å². The number of rotatable bonds is 1. The maximum absolute atomic E-state index is 5.67. The van der Waals surface area contributed by atoms with Crippen LogP contribution in [-0.2, 0) is 9.47 Å². The van der Waals surface area contributed by atoms with Crippen LogP contribution in [0.25, 0.3) is 5.76 Å². The van der Waals surface area contributed by atoms with E-state index < -0.39 is 5.79 Å². The summed E-state index contributed by atoms with van der Waals surface area (Å²) in [6.45, 7) is 4.47. The Morgan fingerprint density at radius 2 is 2.31 bits per heavy atom. The van der Waals surface area contributed by atoms with Gasteiger partial charge in [-0.1, -0.05) is 6.07 Å². The van der Waals surface area contributed by atoms with Gasteiger partial charge in [-0.3, -0.25) is 0 Å². The molecule has 1 aromatic heterocycles. The van der Waals surface area contributed by atoms with Crippen molar-refractivity contribution in [3.63, 3.8) is 0 Å². The highest BCUT2D eigenvalue weighted by Crippen LogP contribution is 2.30. The van der Waals surface area contributed by atoms with Crippen molar-refractivity contribution in [2.45, 2.75) is 19.6 Å². The molecule has 0 fully saturated rings. The van der Waals surface area contributed by atoms with Gasteiger partial charge in [0.25, 0.3) is 0 Å². The largest absolute Gasteiger partial charge is 0.462 e. The average molecular weight is 196 g/mol. The van der Waals surface area contributed by atoms with Crippen molar-refractivity contribution in [3.05, 3.63) is 28.5 Å². The third-order valence-electron chi connectivity index (χ3n) is 1.82. The van der Waals surface area contributed by atoms with Gasteiger partial charge in [0.1, 0.15) is 5.76 Å². The monoisotopic (exact) mass is 196 g/mol. The second-order valence-electron chi connectivity index (χ2n) is 3.36. The Labute approximate surface area is 81.8 Å². The normalized spacial score (nSPS) is 20.6. The summed E-state index contributed by atoms with van der Waals surface area (Å²) >= 11 is 1.68. The zero-order chi connectivity index (χ0) is 9.31. The molecule has 0 spiro atoms. The lowest BCUT2D eigenvalue weighted by Gasteiger charge is -2.30. The third kappa shape index (κ3) is 1.92. The minimum absolute atomic E-state index is 0.492. The Balaban J connectivity index is 2.22. The number of thiophene rings is 1. The van der Waals surface area contributed by atoms with Crippen molar-refractivity contribution in [1.82, 2.24) is 0 Å². The van der Waals surface area contributed by atoms with E-state index in [1.165, 1.54) is 0 Å². The summed E-state index contributed by atoms with van der Waals surface area (Å²) in [4.78, 5) is 1.16. The molecular weight excluding hydrogens is 184 g/mol. The summed E-state index contributed by atoms with van der Waals surface area (Å²) in [6.07, 6.45) is 1.97. The van der Waals surface area contributed by atoms with Crippen molar-refractivity contribution < 1.29 is 9.47 Å². The van der Waals surface area contributed by atoms with Crippen LogP contribution < -0.4 is 0 Å². The van der Waals surface area contributed by atoms with Crippen molar-refractivity contribution in [2.75, 3.05) is 6.61 Å². The molecule has 0 radical (unpaired) electrons. The van der Waals surface area contributed by atoms with Crippen LogP contribution in [-0.4, -0.2) is 12.4 Å². The van der Waals surface area contributed by atoms with Crippen LogP contribution in [0.3, 0.4) is 0 Å². The molecule has 0 saturated carbocycles. The summed E-state index contributed by atoms with van der Waals surface area (Å²) in [5.74, 6) is 0.444. The van der Waals surface area contributed by atoms with E-state index in [0.717, 1.165) is 10.6 Å². The quantitative estimate of drug-likeness (QED) is 0.687. The molecule has 0 atom stereocenters. The Kier molecular flexibility index (Phi) is 2.14. The minimum atomic E-state index is -0.492. The van der Waals surface area contributed by atoms with Gasteiger partial charge in [-0.15, -0.1) is 11.3 Å². The molecule has 0 aliphatic carbocycles. The maximum atomic E-state index is 5.67. The zero-order valence-corrected chi connectivity index (χ0v) is 8.56. The van der Waals surface area contributed by atoms with E-state index in [1.807, 2.05) is 31.4 Å². The van der Waals surface area contributed by atoms with E-state index in [2.05, 4.69) is 6.07 Å². The third-order valence-corrected chi connectivity index (χ3v) is 2.70. The summed E-state index contributed by atoms with van der Waals surface area (Å²) in [6, 6.07) is 4.07. The lowest BCUT2D eigenvalue weighted by atomic mass is 10.3. The topological polar surface area (TPSA) is 18.5 Å². The maximum Gasteiger partial charge on any atom is 0.205 e. The first-order chi connectivity index (χ1) is 6.17. The molecule has 0 unspecified atom stereocenters. The van der Waals surface area contributed by atoms with E-state index in [-0.39, 0.29) is 0 Å². The molecule has 0 N–H and O–H groups in total. The van der Waals surface area contributed by atoms with E-state index in [1.54, 1.807) is 11.3 Å². The first-order valence-corrected chi connectivity index (χ1v) is 5.12. The standard InChI is InChI=1S/C10H12O2S/c1-10(2)11-6-5-8(12-10)9-4-3-7-13-9/h3-5,7H,6H2,1-2H3. The minimum Gasteiger partial charge on any atom is -0.462 e. The highest BCUT2D eigenvalue weighted by molar-refractivity contribution is 7.11. The van der Waals surface area contributed by atoms with Crippen LogP contribution in [0.1, 0.15) is 18.7 Å². The molecular formula is C10H12O2S. The van der Waals surface area contributed by atoms with E-state index in [0.29, 0.717) is 6.61 Å². The van der Waals surface area contributed by atoms with Gasteiger partial charge in [-0.25, -0.2) is 0 Å². The van der Waals surface area contributed by atoms with E-state index in [9.17, 15) is 0 Å². The highest BCUT2D eigenvalue weighted by Gasteiger charge is 2.25. The van der Waals surface area contributed by atoms with Gasteiger partial charge in [0, 0.05) is 13.8 Å². The second-order valence-corrected chi connectivity index (χ2v) is 4.31. The fourth-order valence-electron chi connectivity index (χ4n) is 1.22. The summed E-state index contributed by atoms with van der Waals surface area (Å²) in [5.41, 5.74) is 0. The van der Waals surface area contributed by atoms with Gasteiger partial charge in [0.2, 0.25) is 5.79 Å². The SMILES string of the molecule is CC1(C)OCC=C(c2cccs2)O1. The molecule has 2 nitrogen and oxygen atoms in total. The van der Waals surface area contributed by atoms with Crippen molar-refractivity contribution >= 4 is 17.1 Å². The van der Waals surface area contributed by atoms with Crippen LogP contribution in [0.2, 0.25) is 0 Å². The Hall–Kier alpha value is -0.800. The van der Waals surface area contributed by atoms with Crippen LogP contribution >= 0.6 is 11.3 Å². The van der Waals surface area contributed by atoms with Crippen LogP contribution in [0.15, 0.2) is 23.6 Å². The lowest BCUT2D eigenvalue weighted by Crippen LogP contribution is -2.30. The number of hydrogen-bond donors (Lipinski definition) is 0. The van der Waals surface area contributed by atoms with Gasteiger partial charge in [-0.05, 0) is 17.5 Å². The molecule has 2 heterocycles. The first-order valence-electron chi connectivity index (χ1n) is 4.24. The summed E-state index contributed by atoms with van der Waals surface area (Å²) < 4.78 is 11.1. The van der Waals surface area contributed by atoms with Gasteiger partial charge < -0.3 is 9.47 Å². The molecule has 1 aliphatic rings. The predicted molar refractivity (Wildman–Crippen MR) is 53.4 cm³/mol. The van der Waals surface area contributed by atoms with Crippen LogP contribution in [0, 0.1) is 0 Å². The molecule has 13 heavy (non-hydrogen) atoms. The molecule has 70 valence electrons. The molecule has 0 saturated heterocycles. The van der Waals surface area contributed by atoms with E-state index in [4.69, 9.17) is 9.47 Å². The van der Waals surface area contributed by atoms with Gasteiger partial charge in [0.15, 0.2) is 0 Å². The Morgan fingerprint density at radius 1 is 1.46 bits per heavy atom. The van der Waals surface area contributed by atoms with Crippen molar-refractivity contribution in [3.8, 4) is 0 Å². The smallest absolute Gasteiger partial charge is 0.205 e. The van der Waals surface area contributed by atoms with Gasteiger partial charge in [0.05, 0.1) is 11.5 Å². The number of hydrogen-bond acceptors (Lipinski definition) is 3. The molecule has 0 amide bonds. The van der Waals surface area contributed by atoms with E-state index >= 15 is 0 Å². The summed E-state index contributed by atoms with van der Waals surface area (Å²) in [5, 5.41) is 2.04. The summed E-state index contributed by atoms with van der Waals surface area (Å²) in [7, 11) is 0. The Bertz CT molecular complexity index is 312. The molecule has 3 heteroatoms. The van der Waals surface area contributed by atoms with Crippen LogP contribution in [0.5, 0.6) is 0 Å². The molecule has 0 bridgehead atoms. The van der Waals surface area contributed by atoms with Gasteiger partial charge >= 0.3 is 0 Å². The molecule has 2 rings (SSSR count). The highest BCUT2D eigenvalue weighted by atomic mass is 32.1. The molecule has 0 aromatic carbocycles. The number of ether oxygens (including phenoxy) is 2. The van der Waals surface area contributed by atoms with Crippen LogP contribution in [0.4, 0.5) is 0 Å². The fourth-order valence-corrected chi connectivity index (χ4v) is 1.93. The lowest BCUT2D eigenvalue weighted by molar-refractivity contribution is -0.174. The molecule has 1 aliphatic heterocycles. The first kappa shape index (κ1) is 8.78. The fraction of sp³-hybridized carbons (Fsp3) is 0.400. The van der Waals surface area contributed by atoms with Crippen molar-refractivity contribution in [2.24, 2.45) is 0 Å². The predicted octanol–water partition coefficient (Wildman–Crippen LogP) is 2.87.